The second kappa shape index (κ2) is 11.0. The molecular formula is C28H35N5O3S2. The van der Waals surface area contributed by atoms with Crippen LogP contribution in [0.1, 0.15) is 57.2 Å². The van der Waals surface area contributed by atoms with Gasteiger partial charge in [-0.1, -0.05) is 24.3 Å². The minimum absolute atomic E-state index is 0.0310. The molecule has 38 heavy (non-hydrogen) atoms. The van der Waals surface area contributed by atoms with Gasteiger partial charge in [-0.3, -0.25) is 4.79 Å². The number of pyridine rings is 1. The van der Waals surface area contributed by atoms with Crippen LogP contribution in [0.15, 0.2) is 47.6 Å². The first-order valence-electron chi connectivity index (χ1n) is 13.0. The number of fused-ring (bicyclic) bond motifs is 2. The summed E-state index contributed by atoms with van der Waals surface area (Å²) in [4.78, 5) is 27.7. The van der Waals surface area contributed by atoms with Crippen LogP contribution in [0.4, 0.5) is 5.82 Å². The van der Waals surface area contributed by atoms with Gasteiger partial charge in [0.25, 0.3) is 0 Å². The number of hydrogen-bond acceptors (Lipinski definition) is 9. The number of carbonyl (C=O) groups is 1. The zero-order chi connectivity index (χ0) is 26.9. The van der Waals surface area contributed by atoms with E-state index in [1.165, 1.54) is 30.0 Å². The molecule has 1 fully saturated rings. The first-order chi connectivity index (χ1) is 18.2. The molecule has 1 aliphatic carbocycles. The number of hydrogen-bond donors (Lipinski definition) is 1. The lowest BCUT2D eigenvalue weighted by Gasteiger charge is -2.44. The average molecular weight is 554 g/mol. The van der Waals surface area contributed by atoms with Crippen LogP contribution in [0.25, 0.3) is 11.2 Å². The molecule has 1 saturated heterocycles. The van der Waals surface area contributed by atoms with Crippen molar-refractivity contribution >= 4 is 46.1 Å². The van der Waals surface area contributed by atoms with E-state index >= 15 is 0 Å². The maximum absolute atomic E-state index is 13.1. The summed E-state index contributed by atoms with van der Waals surface area (Å²) >= 11 is 0.357. The van der Waals surface area contributed by atoms with Crippen molar-refractivity contribution in [1.82, 2.24) is 19.7 Å². The van der Waals surface area contributed by atoms with Crippen molar-refractivity contribution < 1.29 is 14.1 Å². The van der Waals surface area contributed by atoms with Gasteiger partial charge in [-0.2, -0.15) is 0 Å². The van der Waals surface area contributed by atoms with Gasteiger partial charge in [0.1, 0.15) is 16.1 Å². The molecule has 2 aromatic heterocycles. The van der Waals surface area contributed by atoms with Gasteiger partial charge in [0.15, 0.2) is 5.65 Å². The number of benzene rings is 1. The number of ether oxygens (including phenoxy) is 1. The molecule has 1 aromatic carbocycles. The van der Waals surface area contributed by atoms with Gasteiger partial charge >= 0.3 is 5.97 Å². The number of aromatic nitrogens is 3. The van der Waals surface area contributed by atoms with Crippen molar-refractivity contribution in [2.45, 2.75) is 62.3 Å². The molecule has 3 heterocycles. The number of rotatable bonds is 7. The third-order valence-corrected chi connectivity index (χ3v) is 10.0. The van der Waals surface area contributed by atoms with Crippen molar-refractivity contribution in [3.05, 3.63) is 53.7 Å². The third kappa shape index (κ3) is 5.64. The first kappa shape index (κ1) is 27.2. The van der Waals surface area contributed by atoms with Crippen LogP contribution in [0.5, 0.6) is 0 Å². The summed E-state index contributed by atoms with van der Waals surface area (Å²) in [5, 5.41) is 0.815. The lowest BCUT2D eigenvalue weighted by molar-refractivity contribution is -0.140. The molecular weight excluding hydrogens is 518 g/mol. The predicted molar refractivity (Wildman–Crippen MR) is 152 cm³/mol. The molecule has 2 aliphatic rings. The van der Waals surface area contributed by atoms with E-state index in [0.29, 0.717) is 17.8 Å². The van der Waals surface area contributed by atoms with E-state index in [1.54, 1.807) is 0 Å². The van der Waals surface area contributed by atoms with Gasteiger partial charge in [0.05, 0.1) is 30.8 Å². The summed E-state index contributed by atoms with van der Waals surface area (Å²) < 4.78 is 21.0. The van der Waals surface area contributed by atoms with Crippen molar-refractivity contribution in [3.63, 3.8) is 0 Å². The molecule has 0 amide bonds. The molecule has 1 aliphatic heterocycles. The highest BCUT2D eigenvalue weighted by atomic mass is 32.2. The highest BCUT2D eigenvalue weighted by molar-refractivity contribution is 7.99. The van der Waals surface area contributed by atoms with Gasteiger partial charge in [0, 0.05) is 35.6 Å². The molecule has 5 rings (SSSR count). The highest BCUT2D eigenvalue weighted by Crippen LogP contribution is 2.52. The molecule has 1 N–H and O–H groups in total. The van der Waals surface area contributed by atoms with Crippen LogP contribution in [-0.4, -0.2) is 56.2 Å². The Balaban J connectivity index is 1.28. The monoisotopic (exact) mass is 553 g/mol. The Morgan fingerprint density at radius 1 is 1.21 bits per heavy atom. The van der Waals surface area contributed by atoms with Gasteiger partial charge < -0.3 is 14.2 Å². The smallest absolute Gasteiger partial charge is 0.306 e. The van der Waals surface area contributed by atoms with E-state index in [2.05, 4.69) is 43.9 Å². The molecule has 8 nitrogen and oxygen atoms in total. The summed E-state index contributed by atoms with van der Waals surface area (Å²) in [6.07, 6.45) is 5.11. The van der Waals surface area contributed by atoms with Gasteiger partial charge in [0.2, 0.25) is 0 Å². The fourth-order valence-electron chi connectivity index (χ4n) is 5.36. The molecule has 2 atom stereocenters. The van der Waals surface area contributed by atoms with Crippen LogP contribution in [0.3, 0.4) is 0 Å². The summed E-state index contributed by atoms with van der Waals surface area (Å²) in [6.45, 7) is 7.78. The van der Waals surface area contributed by atoms with Crippen molar-refractivity contribution in [2.75, 3.05) is 30.9 Å². The number of nitrogens with zero attached hydrogens (tertiary/aromatic N) is 4. The molecule has 1 spiro atoms. The second-order valence-corrected chi connectivity index (χ2v) is 14.2. The Bertz CT molecular complexity index is 1310. The lowest BCUT2D eigenvalue weighted by atomic mass is 9.73. The minimum Gasteiger partial charge on any atom is -0.598 e. The van der Waals surface area contributed by atoms with Crippen LogP contribution in [0, 0.1) is 5.41 Å². The van der Waals surface area contributed by atoms with E-state index in [4.69, 9.17) is 9.72 Å². The van der Waals surface area contributed by atoms with Crippen LogP contribution < -0.4 is 9.62 Å². The summed E-state index contributed by atoms with van der Waals surface area (Å²) in [5.74, 6) is 1.24. The number of piperidine rings is 1. The number of anilines is 1. The lowest BCUT2D eigenvalue weighted by Crippen LogP contribution is -2.49. The molecule has 0 saturated carbocycles. The number of nitrogens with one attached hydrogen (secondary N) is 1. The summed E-state index contributed by atoms with van der Waals surface area (Å²) in [5.41, 5.74) is 4.04. The maximum Gasteiger partial charge on any atom is 0.306 e. The molecule has 0 bridgehead atoms. The van der Waals surface area contributed by atoms with Gasteiger partial charge in [-0.25, -0.2) is 15.0 Å². The number of esters is 1. The quantitative estimate of drug-likeness (QED) is 0.255. The van der Waals surface area contributed by atoms with Crippen LogP contribution in [0.2, 0.25) is 0 Å². The Labute approximate surface area is 231 Å². The SMILES string of the molecule is COC(=O)CCSc1ccc2nc(N3CCC4(CC3)Cc3ccccc3[C@H]4N[S@+]([O-])C(C)(C)C)cnc2n1. The standard InChI is InChI=1S/C28H35N5O3S2/c1-27(2,3)38(35)32-25-20-8-6-5-7-19(20)17-28(25)12-14-33(15-13-28)22-18-29-26-21(30-22)9-10-23(31-26)37-16-11-24(34)36-4/h5-10,18,25,32H,11-17H2,1-4H3/t25-,38-/m1/s1. The molecule has 202 valence electrons. The average Bonchev–Trinajstić information content (AvgIpc) is 3.20. The molecule has 0 radical (unpaired) electrons. The van der Waals surface area contributed by atoms with Crippen molar-refractivity contribution in [3.8, 4) is 0 Å². The predicted octanol–water partition coefficient (Wildman–Crippen LogP) is 4.62. The Hall–Kier alpha value is -2.40. The Kier molecular flexibility index (Phi) is 7.86. The fraction of sp³-hybridized carbons (Fsp3) is 0.500. The second-order valence-electron chi connectivity index (χ2n) is 11.1. The van der Waals surface area contributed by atoms with E-state index in [1.807, 2.05) is 39.1 Å². The largest absolute Gasteiger partial charge is 0.598 e. The number of carbonyl (C=O) groups excluding carboxylic acids is 1. The van der Waals surface area contributed by atoms with Crippen LogP contribution >= 0.6 is 11.8 Å². The topological polar surface area (TPSA) is 103 Å². The van der Waals surface area contributed by atoms with E-state index in [0.717, 1.165) is 48.7 Å². The zero-order valence-electron chi connectivity index (χ0n) is 22.4. The van der Waals surface area contributed by atoms with Gasteiger partial charge in [-0.05, 0) is 63.3 Å². The number of methoxy groups -OCH3 is 1. The summed E-state index contributed by atoms with van der Waals surface area (Å²) in [7, 11) is 1.40. The molecule has 3 aromatic rings. The zero-order valence-corrected chi connectivity index (χ0v) is 24.0. The normalized spacial score (nSPS) is 19.5. The van der Waals surface area contributed by atoms with Crippen molar-refractivity contribution in [2.24, 2.45) is 5.41 Å². The third-order valence-electron chi connectivity index (χ3n) is 7.54. The van der Waals surface area contributed by atoms with E-state index < -0.39 is 11.4 Å². The van der Waals surface area contributed by atoms with E-state index in [-0.39, 0.29) is 22.2 Å². The van der Waals surface area contributed by atoms with E-state index in [9.17, 15) is 9.35 Å². The Morgan fingerprint density at radius 3 is 2.71 bits per heavy atom. The molecule has 0 unspecified atom stereocenters. The summed E-state index contributed by atoms with van der Waals surface area (Å²) in [6, 6.07) is 12.5. The number of thioether (sulfide) groups is 1. The van der Waals surface area contributed by atoms with Crippen LogP contribution in [-0.2, 0) is 27.3 Å². The highest BCUT2D eigenvalue weighted by Gasteiger charge is 2.50. The molecule has 10 heteroatoms. The fourth-order valence-corrected chi connectivity index (χ4v) is 7.10. The maximum atomic E-state index is 13.1. The van der Waals surface area contributed by atoms with Crippen molar-refractivity contribution in [1.29, 1.82) is 0 Å². The van der Waals surface area contributed by atoms with Gasteiger partial charge in [-0.15, -0.1) is 16.5 Å². The Morgan fingerprint density at radius 2 is 1.97 bits per heavy atom. The minimum atomic E-state index is -1.15. The first-order valence-corrected chi connectivity index (χ1v) is 15.2.